The number of para-hydroxylation sites is 2. The highest BCUT2D eigenvalue weighted by atomic mass is 16.1. The first kappa shape index (κ1) is 10.8. The van der Waals surface area contributed by atoms with Crippen molar-refractivity contribution in [3.05, 3.63) is 71.1 Å². The summed E-state index contributed by atoms with van der Waals surface area (Å²) in [5.41, 5.74) is 3.13. The van der Waals surface area contributed by atoms with Gasteiger partial charge in [-0.15, -0.1) is 0 Å². The van der Waals surface area contributed by atoms with Gasteiger partial charge in [-0.1, -0.05) is 24.3 Å². The predicted molar refractivity (Wildman–Crippen MR) is 85.2 cm³/mol. The average Bonchev–Trinajstić information content (AvgIpc) is 2.88. The summed E-state index contributed by atoms with van der Waals surface area (Å²) in [6.45, 7) is 0. The summed E-state index contributed by atoms with van der Waals surface area (Å²) in [5.74, 6) is 0. The molecule has 0 saturated heterocycles. The molecule has 0 spiro atoms. The molecular weight excluding hydrogens is 260 g/mol. The van der Waals surface area contributed by atoms with Crippen molar-refractivity contribution in [3.8, 4) is 0 Å². The molecule has 5 rings (SSSR count). The zero-order valence-corrected chi connectivity index (χ0v) is 11.1. The molecule has 98 valence electrons. The normalized spacial score (nSPS) is 12.0. The summed E-state index contributed by atoms with van der Waals surface area (Å²) >= 11 is 0. The highest BCUT2D eigenvalue weighted by molar-refractivity contribution is 6.16. The Labute approximate surface area is 119 Å². The summed E-state index contributed by atoms with van der Waals surface area (Å²) in [6, 6.07) is 15.7. The van der Waals surface area contributed by atoms with E-state index in [4.69, 9.17) is 0 Å². The fraction of sp³-hybridized carbons (Fsp3) is 0. The van der Waals surface area contributed by atoms with Crippen LogP contribution in [0.25, 0.3) is 38.1 Å². The van der Waals surface area contributed by atoms with Gasteiger partial charge in [0.1, 0.15) is 0 Å². The van der Waals surface area contributed by atoms with Crippen LogP contribution in [0.15, 0.2) is 65.7 Å². The molecule has 3 heterocycles. The second-order valence-corrected chi connectivity index (χ2v) is 5.28. The van der Waals surface area contributed by atoms with Crippen LogP contribution in [0, 0.1) is 0 Å². The zero-order valence-electron chi connectivity index (χ0n) is 11.1. The fourth-order valence-electron chi connectivity index (χ4n) is 3.35. The SMILES string of the molecule is O=c1c2ccccc2n2c3ccncc3c3cccc1c32. The first-order chi connectivity index (χ1) is 10.4. The molecule has 0 aliphatic rings. The molecule has 0 radical (unpaired) electrons. The highest BCUT2D eigenvalue weighted by Gasteiger charge is 2.15. The second kappa shape index (κ2) is 3.58. The van der Waals surface area contributed by atoms with Gasteiger partial charge in [-0.3, -0.25) is 9.78 Å². The van der Waals surface area contributed by atoms with Gasteiger partial charge >= 0.3 is 0 Å². The molecule has 0 aliphatic carbocycles. The molecule has 21 heavy (non-hydrogen) atoms. The van der Waals surface area contributed by atoms with E-state index in [0.717, 1.165) is 38.1 Å². The Hall–Kier alpha value is -2.94. The van der Waals surface area contributed by atoms with Crippen LogP contribution in [0.2, 0.25) is 0 Å². The average molecular weight is 270 g/mol. The molecule has 3 aromatic heterocycles. The molecule has 3 nitrogen and oxygen atoms in total. The Bertz CT molecular complexity index is 1200. The van der Waals surface area contributed by atoms with Crippen LogP contribution in [-0.2, 0) is 0 Å². The number of hydrogen-bond acceptors (Lipinski definition) is 2. The Morgan fingerprint density at radius 1 is 0.762 bits per heavy atom. The van der Waals surface area contributed by atoms with Gasteiger partial charge in [0.15, 0.2) is 5.43 Å². The van der Waals surface area contributed by atoms with Crippen molar-refractivity contribution >= 4 is 38.1 Å². The van der Waals surface area contributed by atoms with E-state index < -0.39 is 0 Å². The van der Waals surface area contributed by atoms with Gasteiger partial charge in [-0.2, -0.15) is 0 Å². The van der Waals surface area contributed by atoms with Crippen molar-refractivity contribution in [3.63, 3.8) is 0 Å². The maximum atomic E-state index is 12.7. The van der Waals surface area contributed by atoms with Gasteiger partial charge in [0.25, 0.3) is 0 Å². The van der Waals surface area contributed by atoms with E-state index in [1.54, 1.807) is 6.20 Å². The first-order valence-electron chi connectivity index (χ1n) is 6.87. The minimum absolute atomic E-state index is 0.0967. The quantitative estimate of drug-likeness (QED) is 0.403. The van der Waals surface area contributed by atoms with Gasteiger partial charge < -0.3 is 4.40 Å². The summed E-state index contributed by atoms with van der Waals surface area (Å²) in [5, 5.41) is 3.69. The molecule has 2 aromatic carbocycles. The molecule has 0 atom stereocenters. The number of rotatable bonds is 0. The maximum absolute atomic E-state index is 12.7. The van der Waals surface area contributed by atoms with E-state index in [9.17, 15) is 4.79 Å². The molecule has 5 aromatic rings. The number of fused-ring (bicyclic) bond motifs is 5. The van der Waals surface area contributed by atoms with Crippen LogP contribution in [0.1, 0.15) is 0 Å². The standard InChI is InChI=1S/C18H10N2O/c21-18-12-4-1-2-7-15(12)20-16-8-9-19-10-14(16)11-5-3-6-13(18)17(11)20/h1-10H. The van der Waals surface area contributed by atoms with Crippen molar-refractivity contribution in [1.29, 1.82) is 0 Å². The predicted octanol–water partition coefficient (Wildman–Crippen LogP) is 3.59. The van der Waals surface area contributed by atoms with Crippen LogP contribution in [0.4, 0.5) is 0 Å². The van der Waals surface area contributed by atoms with Gasteiger partial charge in [0.05, 0.1) is 16.6 Å². The maximum Gasteiger partial charge on any atom is 0.197 e. The molecule has 0 saturated carbocycles. The van der Waals surface area contributed by atoms with E-state index in [1.807, 2.05) is 48.7 Å². The van der Waals surface area contributed by atoms with E-state index in [-0.39, 0.29) is 5.43 Å². The topological polar surface area (TPSA) is 34.4 Å². The third-order valence-corrected chi connectivity index (χ3v) is 4.22. The monoisotopic (exact) mass is 270 g/mol. The summed E-state index contributed by atoms with van der Waals surface area (Å²) in [6.07, 6.45) is 3.67. The number of nitrogens with zero attached hydrogens (tertiary/aromatic N) is 2. The van der Waals surface area contributed by atoms with E-state index in [0.29, 0.717) is 0 Å². The van der Waals surface area contributed by atoms with Crippen molar-refractivity contribution in [2.45, 2.75) is 0 Å². The molecular formula is C18H10N2O. The van der Waals surface area contributed by atoms with E-state index in [1.165, 1.54) is 0 Å². The van der Waals surface area contributed by atoms with E-state index in [2.05, 4.69) is 15.5 Å². The fourth-order valence-corrected chi connectivity index (χ4v) is 3.35. The molecule has 3 heteroatoms. The lowest BCUT2D eigenvalue weighted by Gasteiger charge is -2.06. The zero-order chi connectivity index (χ0) is 14.0. The molecule has 0 amide bonds. The van der Waals surface area contributed by atoms with E-state index >= 15 is 0 Å². The van der Waals surface area contributed by atoms with Gasteiger partial charge in [-0.05, 0) is 24.3 Å². The molecule has 0 fully saturated rings. The Kier molecular flexibility index (Phi) is 1.84. The molecule has 0 unspecified atom stereocenters. The third kappa shape index (κ3) is 1.19. The first-order valence-corrected chi connectivity index (χ1v) is 6.87. The van der Waals surface area contributed by atoms with Gasteiger partial charge in [0, 0.05) is 33.9 Å². The summed E-state index contributed by atoms with van der Waals surface area (Å²) in [7, 11) is 0. The van der Waals surface area contributed by atoms with Crippen molar-refractivity contribution in [2.75, 3.05) is 0 Å². The lowest BCUT2D eigenvalue weighted by atomic mass is 10.1. The van der Waals surface area contributed by atoms with Gasteiger partial charge in [0.2, 0.25) is 0 Å². The van der Waals surface area contributed by atoms with Crippen molar-refractivity contribution < 1.29 is 0 Å². The van der Waals surface area contributed by atoms with Crippen LogP contribution in [0.5, 0.6) is 0 Å². The van der Waals surface area contributed by atoms with Gasteiger partial charge in [-0.25, -0.2) is 0 Å². The largest absolute Gasteiger partial charge is 0.308 e. The van der Waals surface area contributed by atoms with Crippen molar-refractivity contribution in [2.24, 2.45) is 0 Å². The van der Waals surface area contributed by atoms with Crippen molar-refractivity contribution in [1.82, 2.24) is 9.38 Å². The number of hydrogen-bond donors (Lipinski definition) is 0. The minimum Gasteiger partial charge on any atom is -0.308 e. The number of aromatic nitrogens is 2. The lowest BCUT2D eigenvalue weighted by Crippen LogP contribution is -2.05. The van der Waals surface area contributed by atoms with Crippen LogP contribution in [0.3, 0.4) is 0 Å². The second-order valence-electron chi connectivity index (χ2n) is 5.28. The molecule has 0 aliphatic heterocycles. The summed E-state index contributed by atoms with van der Waals surface area (Å²) in [4.78, 5) is 17.0. The highest BCUT2D eigenvalue weighted by Crippen LogP contribution is 2.32. The van der Waals surface area contributed by atoms with Crippen LogP contribution < -0.4 is 5.43 Å². The Balaban J connectivity index is 2.35. The Morgan fingerprint density at radius 2 is 1.52 bits per heavy atom. The van der Waals surface area contributed by atoms with Crippen LogP contribution in [-0.4, -0.2) is 9.38 Å². The third-order valence-electron chi connectivity index (χ3n) is 4.22. The van der Waals surface area contributed by atoms with Crippen LogP contribution >= 0.6 is 0 Å². The number of benzene rings is 2. The summed E-state index contributed by atoms with van der Waals surface area (Å²) < 4.78 is 2.18. The Morgan fingerprint density at radius 3 is 2.48 bits per heavy atom. The molecule has 0 N–H and O–H groups in total. The molecule has 0 bridgehead atoms. The smallest absolute Gasteiger partial charge is 0.197 e. The number of pyridine rings is 2. The minimum atomic E-state index is 0.0967. The lowest BCUT2D eigenvalue weighted by molar-refractivity contribution is 1.31.